The second-order valence-corrected chi connectivity index (χ2v) is 8.06. The highest BCUT2D eigenvalue weighted by Crippen LogP contribution is 2.31. The fraction of sp³-hybridized carbons (Fsp3) is 0.409. The van der Waals surface area contributed by atoms with Crippen LogP contribution in [-0.4, -0.2) is 35.2 Å². The Hall–Kier alpha value is -2.33. The van der Waals surface area contributed by atoms with Gasteiger partial charge in [0.15, 0.2) is 0 Å². The van der Waals surface area contributed by atoms with Crippen LogP contribution in [0.25, 0.3) is 0 Å². The molecule has 2 aromatic carbocycles. The second-order valence-electron chi connectivity index (χ2n) is 8.06. The number of hydrogen-bond donors (Lipinski definition) is 2. The van der Waals surface area contributed by atoms with Gasteiger partial charge in [-0.1, -0.05) is 75.4 Å². The molecule has 0 aromatic heterocycles. The molecule has 0 spiro atoms. The molecule has 1 amide bonds. The lowest BCUT2D eigenvalue weighted by Gasteiger charge is -2.32. The average molecular weight is 352 g/mol. The summed E-state index contributed by atoms with van der Waals surface area (Å²) >= 11 is 0. The first-order valence-corrected chi connectivity index (χ1v) is 9.21. The number of benzene rings is 2. The van der Waals surface area contributed by atoms with Crippen LogP contribution >= 0.6 is 0 Å². The molecule has 2 atom stereocenters. The van der Waals surface area contributed by atoms with E-state index in [4.69, 9.17) is 0 Å². The summed E-state index contributed by atoms with van der Waals surface area (Å²) in [7, 11) is 0. The Morgan fingerprint density at radius 1 is 1.08 bits per heavy atom. The summed E-state index contributed by atoms with van der Waals surface area (Å²) in [5.41, 5.74) is 3.46. The molecule has 26 heavy (non-hydrogen) atoms. The molecule has 1 fully saturated rings. The lowest BCUT2D eigenvalue weighted by molar-refractivity contribution is 0.120. The summed E-state index contributed by atoms with van der Waals surface area (Å²) in [4.78, 5) is 13.7. The molecule has 2 N–H and O–H groups in total. The van der Waals surface area contributed by atoms with Gasteiger partial charge in [0.2, 0.25) is 0 Å². The molecule has 3 rings (SSSR count). The zero-order chi connectivity index (χ0) is 18.7. The van der Waals surface area contributed by atoms with E-state index in [9.17, 15) is 9.90 Å². The Bertz CT molecular complexity index is 752. The first kappa shape index (κ1) is 18.5. The minimum atomic E-state index is -0.858. The molecule has 0 saturated carbocycles. The summed E-state index contributed by atoms with van der Waals surface area (Å²) in [5, 5.41) is 13.3. The van der Waals surface area contributed by atoms with E-state index < -0.39 is 6.09 Å². The van der Waals surface area contributed by atoms with Crippen LogP contribution < -0.4 is 5.32 Å². The molecule has 4 heteroatoms. The molecular weight excluding hydrogens is 324 g/mol. The van der Waals surface area contributed by atoms with E-state index >= 15 is 0 Å². The molecule has 4 nitrogen and oxygen atoms in total. The zero-order valence-electron chi connectivity index (χ0n) is 15.8. The van der Waals surface area contributed by atoms with Crippen LogP contribution in [-0.2, 0) is 12.0 Å². The first-order valence-electron chi connectivity index (χ1n) is 9.21. The number of hydrogen-bond acceptors (Lipinski definition) is 2. The van der Waals surface area contributed by atoms with E-state index in [0.29, 0.717) is 13.1 Å². The smallest absolute Gasteiger partial charge is 0.407 e. The normalized spacial score (nSPS) is 20.1. The van der Waals surface area contributed by atoms with Gasteiger partial charge in [0.25, 0.3) is 0 Å². The van der Waals surface area contributed by atoms with Gasteiger partial charge in [-0.25, -0.2) is 4.79 Å². The van der Waals surface area contributed by atoms with Crippen molar-refractivity contribution >= 4 is 6.09 Å². The van der Waals surface area contributed by atoms with Crippen LogP contribution in [0, 0.1) is 0 Å². The van der Waals surface area contributed by atoms with Gasteiger partial charge in [0.1, 0.15) is 0 Å². The van der Waals surface area contributed by atoms with Gasteiger partial charge >= 0.3 is 6.09 Å². The lowest BCUT2D eigenvalue weighted by Crippen LogP contribution is -2.43. The summed E-state index contributed by atoms with van der Waals surface area (Å²) in [6, 6.07) is 18.3. The fourth-order valence-electron chi connectivity index (χ4n) is 3.93. The second kappa shape index (κ2) is 7.50. The van der Waals surface area contributed by atoms with Crippen LogP contribution in [0.5, 0.6) is 0 Å². The van der Waals surface area contributed by atoms with Crippen LogP contribution in [0.15, 0.2) is 54.6 Å². The molecule has 0 aliphatic carbocycles. The van der Waals surface area contributed by atoms with Gasteiger partial charge in [-0.3, -0.25) is 4.90 Å². The van der Waals surface area contributed by atoms with Gasteiger partial charge in [-0.2, -0.15) is 0 Å². The van der Waals surface area contributed by atoms with E-state index in [-0.39, 0.29) is 17.4 Å². The first-order chi connectivity index (χ1) is 12.4. The van der Waals surface area contributed by atoms with Gasteiger partial charge in [-0.15, -0.1) is 0 Å². The van der Waals surface area contributed by atoms with Crippen LogP contribution in [0.3, 0.4) is 0 Å². The highest BCUT2D eigenvalue weighted by atomic mass is 16.4. The molecule has 2 aromatic rings. The van der Waals surface area contributed by atoms with Crippen molar-refractivity contribution < 1.29 is 9.90 Å². The topological polar surface area (TPSA) is 52.6 Å². The van der Waals surface area contributed by atoms with Gasteiger partial charge in [-0.05, 0) is 22.1 Å². The Morgan fingerprint density at radius 3 is 2.38 bits per heavy atom. The predicted molar refractivity (Wildman–Crippen MR) is 105 cm³/mol. The van der Waals surface area contributed by atoms with E-state index in [2.05, 4.69) is 50.4 Å². The average Bonchev–Trinajstić information content (AvgIpc) is 3.09. The van der Waals surface area contributed by atoms with E-state index in [0.717, 1.165) is 12.1 Å². The lowest BCUT2D eigenvalue weighted by atomic mass is 9.83. The number of nitrogens with one attached hydrogen (secondary N) is 1. The largest absolute Gasteiger partial charge is 0.465 e. The van der Waals surface area contributed by atoms with Crippen molar-refractivity contribution in [1.29, 1.82) is 0 Å². The van der Waals surface area contributed by atoms with Crippen molar-refractivity contribution in [3.63, 3.8) is 0 Å². The highest BCUT2D eigenvalue weighted by Gasteiger charge is 2.36. The molecule has 1 aliphatic rings. The quantitative estimate of drug-likeness (QED) is 0.866. The Morgan fingerprint density at radius 2 is 1.73 bits per heavy atom. The molecule has 138 valence electrons. The van der Waals surface area contributed by atoms with Crippen LogP contribution in [0.4, 0.5) is 4.79 Å². The summed E-state index contributed by atoms with van der Waals surface area (Å²) in [5.74, 6) is 0.175. The predicted octanol–water partition coefficient (Wildman–Crippen LogP) is 4.22. The zero-order valence-corrected chi connectivity index (χ0v) is 15.8. The SMILES string of the molecule is CC(C)(C)c1ccccc1CN(C(=O)O)[C@H]1CNC[C@H]1c1ccccc1. The monoisotopic (exact) mass is 352 g/mol. The van der Waals surface area contributed by atoms with Crippen molar-refractivity contribution in [3.05, 3.63) is 71.3 Å². The summed E-state index contributed by atoms with van der Waals surface area (Å²) < 4.78 is 0. The Kier molecular flexibility index (Phi) is 5.33. The molecular formula is C22H28N2O2. The van der Waals surface area contributed by atoms with Crippen molar-refractivity contribution in [2.24, 2.45) is 0 Å². The van der Waals surface area contributed by atoms with E-state index in [1.807, 2.05) is 30.3 Å². The maximum absolute atomic E-state index is 12.1. The molecule has 1 aliphatic heterocycles. The van der Waals surface area contributed by atoms with Crippen molar-refractivity contribution in [1.82, 2.24) is 10.2 Å². The van der Waals surface area contributed by atoms with E-state index in [1.165, 1.54) is 11.1 Å². The number of rotatable bonds is 4. The minimum absolute atomic E-state index is 0.0203. The minimum Gasteiger partial charge on any atom is -0.465 e. The van der Waals surface area contributed by atoms with Crippen LogP contribution in [0.1, 0.15) is 43.4 Å². The number of carboxylic acid groups (broad SMARTS) is 1. The molecule has 1 saturated heterocycles. The third kappa shape index (κ3) is 3.91. The fourth-order valence-corrected chi connectivity index (χ4v) is 3.93. The number of amides is 1. The van der Waals surface area contributed by atoms with Crippen molar-refractivity contribution in [2.45, 2.75) is 44.7 Å². The standard InChI is InChI=1S/C22H28N2O2/c1-22(2,3)19-12-8-7-11-17(19)15-24(21(25)26)20-14-23-13-18(20)16-9-5-4-6-10-16/h4-12,18,20,23H,13-15H2,1-3H3,(H,25,26)/t18-,20-/m0/s1. The Labute approximate surface area is 155 Å². The maximum atomic E-state index is 12.1. The molecule has 0 unspecified atom stereocenters. The summed E-state index contributed by atoms with van der Waals surface area (Å²) in [6.07, 6.45) is -0.858. The van der Waals surface area contributed by atoms with Gasteiger partial charge in [0, 0.05) is 25.6 Å². The molecule has 0 bridgehead atoms. The third-order valence-electron chi connectivity index (χ3n) is 5.22. The van der Waals surface area contributed by atoms with Crippen molar-refractivity contribution in [3.8, 4) is 0 Å². The van der Waals surface area contributed by atoms with Gasteiger partial charge in [0.05, 0.1) is 6.04 Å². The maximum Gasteiger partial charge on any atom is 0.407 e. The Balaban J connectivity index is 1.90. The third-order valence-corrected chi connectivity index (χ3v) is 5.22. The van der Waals surface area contributed by atoms with Crippen LogP contribution in [0.2, 0.25) is 0 Å². The summed E-state index contributed by atoms with van der Waals surface area (Å²) in [6.45, 7) is 8.41. The number of carbonyl (C=O) groups is 1. The van der Waals surface area contributed by atoms with Crippen molar-refractivity contribution in [2.75, 3.05) is 13.1 Å². The highest BCUT2D eigenvalue weighted by molar-refractivity contribution is 5.66. The van der Waals surface area contributed by atoms with Gasteiger partial charge < -0.3 is 10.4 Å². The molecule has 0 radical (unpaired) electrons. The molecule has 1 heterocycles. The van der Waals surface area contributed by atoms with E-state index in [1.54, 1.807) is 4.90 Å². The number of nitrogens with zero attached hydrogens (tertiary/aromatic N) is 1.